The molecule has 2 aromatic rings. The lowest BCUT2D eigenvalue weighted by Gasteiger charge is -1.98. The maximum absolute atomic E-state index is 11.3. The van der Waals surface area contributed by atoms with Crippen LogP contribution >= 0.6 is 27.3 Å². The second-order valence-corrected chi connectivity index (χ2v) is 5.73. The van der Waals surface area contributed by atoms with Crippen LogP contribution in [0.1, 0.15) is 18.2 Å². The van der Waals surface area contributed by atoms with Crippen molar-refractivity contribution in [2.24, 2.45) is 5.10 Å². The van der Waals surface area contributed by atoms with E-state index in [-0.39, 0.29) is 12.4 Å². The molecule has 0 aliphatic rings. The monoisotopic (exact) mass is 367 g/mol. The second kappa shape index (κ2) is 7.90. The van der Waals surface area contributed by atoms with E-state index in [0.29, 0.717) is 17.4 Å². The molecular weight excluding hydrogens is 354 g/mol. The van der Waals surface area contributed by atoms with Gasteiger partial charge in [-0.15, -0.1) is 11.3 Å². The van der Waals surface area contributed by atoms with Gasteiger partial charge in [0.1, 0.15) is 0 Å². The number of esters is 1. The lowest BCUT2D eigenvalue weighted by molar-refractivity contribution is -0.142. The van der Waals surface area contributed by atoms with E-state index in [1.165, 1.54) is 11.3 Å². The summed E-state index contributed by atoms with van der Waals surface area (Å²) in [5.74, 6) is -0.272. The summed E-state index contributed by atoms with van der Waals surface area (Å²) in [5.41, 5.74) is 4.49. The summed E-state index contributed by atoms with van der Waals surface area (Å²) in [5, 5.41) is 6.58. The molecule has 1 N–H and O–H groups in total. The minimum atomic E-state index is -0.272. The van der Waals surface area contributed by atoms with Gasteiger partial charge in [-0.25, -0.2) is 4.98 Å². The van der Waals surface area contributed by atoms with Crippen LogP contribution in [0, 0.1) is 0 Å². The topological polar surface area (TPSA) is 63.6 Å². The minimum Gasteiger partial charge on any atom is -0.466 e. The maximum Gasteiger partial charge on any atom is 0.311 e. The molecule has 7 heteroatoms. The van der Waals surface area contributed by atoms with E-state index < -0.39 is 0 Å². The normalized spacial score (nSPS) is 10.8. The van der Waals surface area contributed by atoms with Crippen molar-refractivity contribution in [3.05, 3.63) is 45.4 Å². The number of aromatic nitrogens is 1. The molecule has 0 unspecified atom stereocenters. The fraction of sp³-hybridized carbons (Fsp3) is 0.214. The first-order valence-corrected chi connectivity index (χ1v) is 8.00. The highest BCUT2D eigenvalue weighted by Gasteiger charge is 2.07. The maximum atomic E-state index is 11.3. The molecular formula is C14H14BrN3O2S. The molecule has 2 rings (SSSR count). The van der Waals surface area contributed by atoms with Gasteiger partial charge in [0, 0.05) is 15.4 Å². The van der Waals surface area contributed by atoms with Crippen LogP contribution in [0.25, 0.3) is 0 Å². The molecule has 0 radical (unpaired) electrons. The van der Waals surface area contributed by atoms with Gasteiger partial charge in [0.2, 0.25) is 5.13 Å². The largest absolute Gasteiger partial charge is 0.466 e. The summed E-state index contributed by atoms with van der Waals surface area (Å²) in [4.78, 5) is 15.6. The van der Waals surface area contributed by atoms with E-state index in [4.69, 9.17) is 4.74 Å². The van der Waals surface area contributed by atoms with E-state index in [9.17, 15) is 4.79 Å². The molecule has 0 bridgehead atoms. The van der Waals surface area contributed by atoms with E-state index in [2.05, 4.69) is 31.4 Å². The Morgan fingerprint density at radius 1 is 1.52 bits per heavy atom. The molecule has 21 heavy (non-hydrogen) atoms. The number of ether oxygens (including phenoxy) is 1. The molecule has 0 aliphatic heterocycles. The van der Waals surface area contributed by atoms with Crippen molar-refractivity contribution in [1.82, 2.24) is 4.98 Å². The van der Waals surface area contributed by atoms with Gasteiger partial charge in [0.15, 0.2) is 0 Å². The third-order valence-corrected chi connectivity index (χ3v) is 3.97. The first-order valence-electron chi connectivity index (χ1n) is 6.32. The van der Waals surface area contributed by atoms with Crippen LogP contribution in [0.15, 0.2) is 39.2 Å². The van der Waals surface area contributed by atoms with Crippen LogP contribution in [0.4, 0.5) is 5.13 Å². The Kier molecular flexibility index (Phi) is 5.89. The van der Waals surface area contributed by atoms with Gasteiger partial charge in [-0.1, -0.05) is 34.1 Å². The van der Waals surface area contributed by atoms with E-state index in [1.54, 1.807) is 13.1 Å². The molecule has 0 saturated carbocycles. The van der Waals surface area contributed by atoms with Crippen LogP contribution in [0.3, 0.4) is 0 Å². The predicted molar refractivity (Wildman–Crippen MR) is 87.8 cm³/mol. The van der Waals surface area contributed by atoms with Crippen LogP contribution in [-0.4, -0.2) is 23.8 Å². The molecule has 0 aliphatic carbocycles. The molecule has 0 saturated heterocycles. The number of halogens is 1. The van der Waals surface area contributed by atoms with Crippen molar-refractivity contribution < 1.29 is 9.53 Å². The average Bonchev–Trinajstić information content (AvgIpc) is 2.88. The van der Waals surface area contributed by atoms with Gasteiger partial charge in [-0.05, 0) is 13.0 Å². The van der Waals surface area contributed by atoms with Gasteiger partial charge in [-0.2, -0.15) is 5.10 Å². The van der Waals surface area contributed by atoms with Gasteiger partial charge in [0.25, 0.3) is 0 Å². The second-order valence-electron chi connectivity index (χ2n) is 4.02. The third-order valence-electron chi connectivity index (χ3n) is 2.45. The number of nitrogens with zero attached hydrogens (tertiary/aromatic N) is 2. The lowest BCUT2D eigenvalue weighted by atomic mass is 10.2. The Bertz CT molecular complexity index is 643. The zero-order valence-corrected chi connectivity index (χ0v) is 13.8. The highest BCUT2D eigenvalue weighted by Crippen LogP contribution is 2.17. The number of anilines is 1. The lowest BCUT2D eigenvalue weighted by Crippen LogP contribution is -2.07. The van der Waals surface area contributed by atoms with Crippen molar-refractivity contribution in [1.29, 1.82) is 0 Å². The Balaban J connectivity index is 1.91. The van der Waals surface area contributed by atoms with E-state index in [1.807, 2.05) is 29.6 Å². The smallest absolute Gasteiger partial charge is 0.311 e. The first-order chi connectivity index (χ1) is 10.2. The summed E-state index contributed by atoms with van der Waals surface area (Å²) >= 11 is 4.84. The Morgan fingerprint density at radius 3 is 3.10 bits per heavy atom. The number of hydrogen-bond acceptors (Lipinski definition) is 6. The van der Waals surface area contributed by atoms with Gasteiger partial charge >= 0.3 is 5.97 Å². The molecule has 1 aromatic heterocycles. The average molecular weight is 368 g/mol. The highest BCUT2D eigenvalue weighted by atomic mass is 79.9. The molecule has 0 atom stereocenters. The number of carbonyl (C=O) groups is 1. The molecule has 5 nitrogen and oxygen atoms in total. The number of nitrogens with one attached hydrogen (secondary N) is 1. The van der Waals surface area contributed by atoms with Crippen LogP contribution < -0.4 is 5.43 Å². The van der Waals surface area contributed by atoms with Gasteiger partial charge in [-0.3, -0.25) is 10.2 Å². The van der Waals surface area contributed by atoms with E-state index in [0.717, 1.165) is 10.0 Å². The minimum absolute atomic E-state index is 0.181. The summed E-state index contributed by atoms with van der Waals surface area (Å²) in [7, 11) is 0. The first kappa shape index (κ1) is 15.7. The zero-order chi connectivity index (χ0) is 15.1. The van der Waals surface area contributed by atoms with Crippen molar-refractivity contribution in [3.8, 4) is 0 Å². The number of hydrazone groups is 1. The number of rotatable bonds is 6. The van der Waals surface area contributed by atoms with Crippen molar-refractivity contribution in [3.63, 3.8) is 0 Å². The zero-order valence-electron chi connectivity index (χ0n) is 11.4. The van der Waals surface area contributed by atoms with Gasteiger partial charge in [0.05, 0.1) is 24.9 Å². The number of benzene rings is 1. The van der Waals surface area contributed by atoms with Crippen LogP contribution in [0.2, 0.25) is 0 Å². The molecule has 110 valence electrons. The Morgan fingerprint density at radius 2 is 2.33 bits per heavy atom. The summed E-state index contributed by atoms with van der Waals surface area (Å²) in [6.45, 7) is 2.16. The third kappa shape index (κ3) is 4.95. The number of thiazole rings is 1. The van der Waals surface area contributed by atoms with Crippen molar-refractivity contribution in [2.45, 2.75) is 13.3 Å². The SMILES string of the molecule is CCOC(=O)Cc1csc(N/N=C\c2ccccc2Br)n1. The van der Waals surface area contributed by atoms with Crippen LogP contribution in [0.5, 0.6) is 0 Å². The van der Waals surface area contributed by atoms with E-state index >= 15 is 0 Å². The molecule has 1 heterocycles. The van der Waals surface area contributed by atoms with Crippen molar-refractivity contribution >= 4 is 44.6 Å². The Hall–Kier alpha value is -1.73. The summed E-state index contributed by atoms with van der Waals surface area (Å²) in [6.07, 6.45) is 1.89. The summed E-state index contributed by atoms with van der Waals surface area (Å²) < 4.78 is 5.85. The molecule has 1 aromatic carbocycles. The standard InChI is InChI=1S/C14H14BrN3O2S/c1-2-20-13(19)7-11-9-21-14(17-11)18-16-8-10-5-3-4-6-12(10)15/h3-6,8-9H,2,7H2,1H3,(H,17,18)/b16-8-. The fourth-order valence-corrected chi connectivity index (χ4v) is 2.58. The number of hydrogen-bond donors (Lipinski definition) is 1. The molecule has 0 fully saturated rings. The predicted octanol–water partition coefficient (Wildman–Crippen LogP) is 3.46. The fourth-order valence-electron chi connectivity index (χ4n) is 1.54. The summed E-state index contributed by atoms with van der Waals surface area (Å²) in [6, 6.07) is 7.77. The van der Waals surface area contributed by atoms with Gasteiger partial charge < -0.3 is 4.74 Å². The number of carbonyl (C=O) groups excluding carboxylic acids is 1. The molecule has 0 amide bonds. The quantitative estimate of drug-likeness (QED) is 0.482. The van der Waals surface area contributed by atoms with Crippen molar-refractivity contribution in [2.75, 3.05) is 12.0 Å². The molecule has 0 spiro atoms. The Labute approximate surface area is 135 Å². The van der Waals surface area contributed by atoms with Crippen LogP contribution in [-0.2, 0) is 16.0 Å². The highest BCUT2D eigenvalue weighted by molar-refractivity contribution is 9.10.